The normalized spacial score (nSPS) is 22.4. The molecule has 0 saturated carbocycles. The minimum absolute atomic E-state index is 0.175. The number of benzene rings is 2. The second-order valence-electron chi connectivity index (χ2n) is 7.00. The molecule has 3 heteroatoms. The number of carbonyl (C=O) groups is 1. The fourth-order valence-electron chi connectivity index (χ4n) is 4.58. The molecule has 1 amide bonds. The molecule has 1 saturated heterocycles. The number of amides is 1. The number of rotatable bonds is 1. The molecule has 5 rings (SSSR count). The predicted molar refractivity (Wildman–Crippen MR) is 95.2 cm³/mol. The third-order valence-electron chi connectivity index (χ3n) is 5.73. The van der Waals surface area contributed by atoms with Crippen molar-refractivity contribution < 1.29 is 4.79 Å². The van der Waals surface area contributed by atoms with E-state index >= 15 is 0 Å². The lowest BCUT2D eigenvalue weighted by atomic mass is 9.88. The minimum atomic E-state index is 0.175. The van der Waals surface area contributed by atoms with Crippen LogP contribution in [0.5, 0.6) is 0 Å². The first-order chi connectivity index (χ1) is 11.8. The first kappa shape index (κ1) is 13.8. The van der Waals surface area contributed by atoms with Gasteiger partial charge in [-0.1, -0.05) is 30.3 Å². The van der Waals surface area contributed by atoms with E-state index in [0.717, 1.165) is 35.9 Å². The van der Waals surface area contributed by atoms with Crippen LogP contribution < -0.4 is 0 Å². The SMILES string of the molecule is O=C(c1ccc2cc[nH]c2c1)N1CCC[C@H]2c3ccccc3C[C@H]21. The Balaban J connectivity index is 1.49. The van der Waals surface area contributed by atoms with E-state index in [-0.39, 0.29) is 5.91 Å². The smallest absolute Gasteiger partial charge is 0.254 e. The van der Waals surface area contributed by atoms with Gasteiger partial charge in [0.15, 0.2) is 0 Å². The lowest BCUT2D eigenvalue weighted by Gasteiger charge is -2.38. The zero-order valence-electron chi connectivity index (χ0n) is 13.5. The summed E-state index contributed by atoms with van der Waals surface area (Å²) in [6, 6.07) is 17.1. The second-order valence-corrected chi connectivity index (χ2v) is 7.00. The molecule has 3 aromatic rings. The highest BCUT2D eigenvalue weighted by molar-refractivity contribution is 5.98. The molecule has 0 spiro atoms. The van der Waals surface area contributed by atoms with E-state index in [2.05, 4.69) is 34.1 Å². The summed E-state index contributed by atoms with van der Waals surface area (Å²) in [5.41, 5.74) is 4.71. The standard InChI is InChI=1S/C21H20N2O/c24-21(16-8-7-14-9-10-22-19(14)12-16)23-11-3-6-18-17-5-2-1-4-15(17)13-20(18)23/h1-2,4-5,7-10,12,18,20,22H,3,6,11,13H2/t18-,20+/m0/s1. The molecule has 24 heavy (non-hydrogen) atoms. The summed E-state index contributed by atoms with van der Waals surface area (Å²) in [5, 5.41) is 1.15. The predicted octanol–water partition coefficient (Wildman–Crippen LogP) is 4.11. The molecule has 0 unspecified atom stereocenters. The quantitative estimate of drug-likeness (QED) is 0.720. The van der Waals surface area contributed by atoms with Crippen LogP contribution in [-0.4, -0.2) is 28.4 Å². The number of piperidine rings is 1. The van der Waals surface area contributed by atoms with Gasteiger partial charge in [0.05, 0.1) is 0 Å². The average Bonchev–Trinajstić information content (AvgIpc) is 3.24. The molecule has 2 heterocycles. The maximum Gasteiger partial charge on any atom is 0.254 e. The van der Waals surface area contributed by atoms with Gasteiger partial charge in [0.1, 0.15) is 0 Å². The highest BCUT2D eigenvalue weighted by Gasteiger charge is 2.40. The number of nitrogens with zero attached hydrogens (tertiary/aromatic N) is 1. The lowest BCUT2D eigenvalue weighted by molar-refractivity contribution is 0.0595. The van der Waals surface area contributed by atoms with Gasteiger partial charge >= 0.3 is 0 Å². The third kappa shape index (κ3) is 2.01. The van der Waals surface area contributed by atoms with Crippen molar-refractivity contribution in [3.05, 3.63) is 71.4 Å². The summed E-state index contributed by atoms with van der Waals surface area (Å²) in [5.74, 6) is 0.683. The van der Waals surface area contributed by atoms with E-state index in [0.29, 0.717) is 12.0 Å². The highest BCUT2D eigenvalue weighted by Crippen LogP contribution is 2.42. The number of aromatic amines is 1. The van der Waals surface area contributed by atoms with Crippen LogP contribution in [0.25, 0.3) is 10.9 Å². The second kappa shape index (κ2) is 5.23. The molecule has 3 nitrogen and oxygen atoms in total. The van der Waals surface area contributed by atoms with Gasteiger partial charge in [0, 0.05) is 35.8 Å². The summed E-state index contributed by atoms with van der Waals surface area (Å²) >= 11 is 0. The molecule has 1 aliphatic carbocycles. The van der Waals surface area contributed by atoms with Gasteiger partial charge < -0.3 is 9.88 Å². The number of aromatic nitrogens is 1. The van der Waals surface area contributed by atoms with Crippen LogP contribution in [0, 0.1) is 0 Å². The summed E-state index contributed by atoms with van der Waals surface area (Å²) < 4.78 is 0. The van der Waals surface area contributed by atoms with Crippen LogP contribution in [0.1, 0.15) is 40.2 Å². The van der Waals surface area contributed by atoms with Crippen molar-refractivity contribution in [1.82, 2.24) is 9.88 Å². The van der Waals surface area contributed by atoms with E-state index < -0.39 is 0 Å². The van der Waals surface area contributed by atoms with Crippen molar-refractivity contribution in [2.75, 3.05) is 6.54 Å². The van der Waals surface area contributed by atoms with Crippen molar-refractivity contribution in [2.24, 2.45) is 0 Å². The summed E-state index contributed by atoms with van der Waals surface area (Å²) in [4.78, 5) is 18.5. The Bertz CT molecular complexity index is 926. The molecule has 1 aromatic heterocycles. The van der Waals surface area contributed by atoms with Crippen molar-refractivity contribution >= 4 is 16.8 Å². The average molecular weight is 316 g/mol. The highest BCUT2D eigenvalue weighted by atomic mass is 16.2. The van der Waals surface area contributed by atoms with Gasteiger partial charge in [0.2, 0.25) is 0 Å². The van der Waals surface area contributed by atoms with Gasteiger partial charge in [-0.3, -0.25) is 4.79 Å². The van der Waals surface area contributed by atoms with Crippen LogP contribution in [0.3, 0.4) is 0 Å². The lowest BCUT2D eigenvalue weighted by Crippen LogP contribution is -2.46. The van der Waals surface area contributed by atoms with Crippen LogP contribution in [-0.2, 0) is 6.42 Å². The molecule has 2 aliphatic rings. The van der Waals surface area contributed by atoms with E-state index in [9.17, 15) is 4.79 Å². The molecule has 120 valence electrons. The molecular formula is C21H20N2O. The van der Waals surface area contributed by atoms with Gasteiger partial charge in [-0.05, 0) is 54.0 Å². The van der Waals surface area contributed by atoms with Gasteiger partial charge in [0.25, 0.3) is 5.91 Å². The maximum absolute atomic E-state index is 13.2. The zero-order chi connectivity index (χ0) is 16.1. The monoisotopic (exact) mass is 316 g/mol. The van der Waals surface area contributed by atoms with Gasteiger partial charge in [-0.2, -0.15) is 0 Å². The fraction of sp³-hybridized carbons (Fsp3) is 0.286. The molecule has 1 fully saturated rings. The Kier molecular flexibility index (Phi) is 3.02. The molecule has 2 atom stereocenters. The summed E-state index contributed by atoms with van der Waals surface area (Å²) in [6.45, 7) is 0.872. The topological polar surface area (TPSA) is 36.1 Å². The first-order valence-corrected chi connectivity index (χ1v) is 8.77. The summed E-state index contributed by atoms with van der Waals surface area (Å²) in [7, 11) is 0. The Morgan fingerprint density at radius 3 is 3.00 bits per heavy atom. The Labute approximate surface area is 141 Å². The van der Waals surface area contributed by atoms with Gasteiger partial charge in [-0.15, -0.1) is 0 Å². The summed E-state index contributed by atoms with van der Waals surface area (Å²) in [6.07, 6.45) is 5.20. The van der Waals surface area contributed by atoms with Crippen molar-refractivity contribution in [1.29, 1.82) is 0 Å². The number of likely N-dealkylation sites (tertiary alicyclic amines) is 1. The molecule has 2 aromatic carbocycles. The van der Waals surface area contributed by atoms with Crippen LogP contribution in [0.4, 0.5) is 0 Å². The number of hydrogen-bond acceptors (Lipinski definition) is 1. The van der Waals surface area contributed by atoms with Crippen molar-refractivity contribution in [3.63, 3.8) is 0 Å². The fourth-order valence-corrected chi connectivity index (χ4v) is 4.58. The van der Waals surface area contributed by atoms with E-state index in [1.807, 2.05) is 30.5 Å². The van der Waals surface area contributed by atoms with Crippen LogP contribution in [0.15, 0.2) is 54.7 Å². The van der Waals surface area contributed by atoms with E-state index in [1.54, 1.807) is 0 Å². The molecule has 0 radical (unpaired) electrons. The number of carbonyl (C=O) groups excluding carboxylic acids is 1. The van der Waals surface area contributed by atoms with Crippen molar-refractivity contribution in [2.45, 2.75) is 31.2 Å². The van der Waals surface area contributed by atoms with Crippen LogP contribution >= 0.6 is 0 Å². The number of H-pyrrole nitrogens is 1. The maximum atomic E-state index is 13.2. The van der Waals surface area contributed by atoms with E-state index in [1.165, 1.54) is 17.5 Å². The number of hydrogen-bond donors (Lipinski definition) is 1. The zero-order valence-corrected chi connectivity index (χ0v) is 13.5. The molecule has 1 N–H and O–H groups in total. The molecule has 0 bridgehead atoms. The Morgan fingerprint density at radius 2 is 2.04 bits per heavy atom. The number of fused-ring (bicyclic) bond motifs is 4. The van der Waals surface area contributed by atoms with Crippen LogP contribution in [0.2, 0.25) is 0 Å². The molecular weight excluding hydrogens is 296 g/mol. The van der Waals surface area contributed by atoms with Gasteiger partial charge in [-0.25, -0.2) is 0 Å². The number of nitrogens with one attached hydrogen (secondary N) is 1. The van der Waals surface area contributed by atoms with Crippen molar-refractivity contribution in [3.8, 4) is 0 Å². The van der Waals surface area contributed by atoms with E-state index in [4.69, 9.17) is 0 Å². The first-order valence-electron chi connectivity index (χ1n) is 8.77. The minimum Gasteiger partial charge on any atom is -0.361 e. The third-order valence-corrected chi connectivity index (χ3v) is 5.73. The Hall–Kier alpha value is -2.55. The Morgan fingerprint density at radius 1 is 1.12 bits per heavy atom. The molecule has 1 aliphatic heterocycles. The largest absolute Gasteiger partial charge is 0.361 e.